The third-order valence-corrected chi connectivity index (χ3v) is 9.71. The van der Waals surface area contributed by atoms with Gasteiger partial charge in [-0.05, 0) is 18.8 Å². The fraction of sp³-hybridized carbons (Fsp3) is 0.925. The highest BCUT2D eigenvalue weighted by Crippen LogP contribution is 2.22. The van der Waals surface area contributed by atoms with Gasteiger partial charge in [0.25, 0.3) is 0 Å². The Labute approximate surface area is 266 Å². The maximum Gasteiger partial charge on any atom is 0.0945 e. The molecule has 1 unspecified atom stereocenters. The van der Waals surface area contributed by atoms with Crippen LogP contribution in [0.25, 0.3) is 0 Å². The summed E-state index contributed by atoms with van der Waals surface area (Å²) in [5.41, 5.74) is 0. The third-order valence-electron chi connectivity index (χ3n) is 9.71. The average molecular weight is 587 g/mol. The molecule has 1 aromatic rings. The molecule has 2 nitrogen and oxygen atoms in total. The summed E-state index contributed by atoms with van der Waals surface area (Å²) in [6, 6.07) is 0. The predicted octanol–water partition coefficient (Wildman–Crippen LogP) is 14.4. The summed E-state index contributed by atoms with van der Waals surface area (Å²) in [6.07, 6.45) is 54.1. The first kappa shape index (κ1) is 39.2. The van der Waals surface area contributed by atoms with Gasteiger partial charge in [-0.2, -0.15) is 0 Å². The van der Waals surface area contributed by atoms with E-state index in [1.807, 2.05) is 12.5 Å². The van der Waals surface area contributed by atoms with Crippen molar-refractivity contribution in [2.45, 2.75) is 232 Å². The van der Waals surface area contributed by atoms with Crippen molar-refractivity contribution < 1.29 is 0 Å². The van der Waals surface area contributed by atoms with Crippen molar-refractivity contribution in [3.05, 3.63) is 18.7 Å². The Balaban J connectivity index is 1.93. The van der Waals surface area contributed by atoms with Gasteiger partial charge in [0.1, 0.15) is 0 Å². The van der Waals surface area contributed by atoms with Gasteiger partial charge in [-0.3, -0.25) is 0 Å². The molecule has 0 aliphatic heterocycles. The van der Waals surface area contributed by atoms with Gasteiger partial charge < -0.3 is 4.57 Å². The molecule has 0 fully saturated rings. The van der Waals surface area contributed by atoms with Crippen molar-refractivity contribution in [2.75, 3.05) is 0 Å². The average Bonchev–Trinajstić information content (AvgIpc) is 3.52. The first-order chi connectivity index (χ1) is 20.9. The number of hydrogen-bond acceptors (Lipinski definition) is 1. The Hall–Kier alpha value is -0.790. The van der Waals surface area contributed by atoms with Gasteiger partial charge in [0.15, 0.2) is 0 Å². The molecule has 0 radical (unpaired) electrons. The maximum atomic E-state index is 4.29. The van der Waals surface area contributed by atoms with E-state index in [0.29, 0.717) is 0 Å². The van der Waals surface area contributed by atoms with E-state index in [9.17, 15) is 0 Å². The van der Waals surface area contributed by atoms with Crippen LogP contribution in [-0.4, -0.2) is 9.55 Å². The van der Waals surface area contributed by atoms with E-state index in [4.69, 9.17) is 0 Å². The van der Waals surface area contributed by atoms with Gasteiger partial charge in [-0.1, -0.05) is 213 Å². The lowest BCUT2D eigenvalue weighted by molar-refractivity contribution is 0.356. The van der Waals surface area contributed by atoms with Crippen molar-refractivity contribution in [1.82, 2.24) is 9.55 Å². The molecule has 0 spiro atoms. The molecule has 1 atom stereocenters. The van der Waals surface area contributed by atoms with E-state index >= 15 is 0 Å². The minimum atomic E-state index is 0.841. The molecule has 0 saturated heterocycles. The molecule has 1 aromatic heterocycles. The first-order valence-electron chi connectivity index (χ1n) is 19.8. The summed E-state index contributed by atoms with van der Waals surface area (Å²) < 4.78 is 2.32. The SMILES string of the molecule is CCCCCCCCCCCCCCCCCCCC(CCCCCCCCCCCCCCCC)Cn1ccnc1. The molecule has 0 saturated carbocycles. The zero-order valence-corrected chi connectivity index (χ0v) is 29.2. The lowest BCUT2D eigenvalue weighted by atomic mass is 9.93. The van der Waals surface area contributed by atoms with Gasteiger partial charge in [-0.25, -0.2) is 4.98 Å². The van der Waals surface area contributed by atoms with Crippen LogP contribution in [0.5, 0.6) is 0 Å². The summed E-state index contributed by atoms with van der Waals surface area (Å²) in [7, 11) is 0. The van der Waals surface area contributed by atoms with Gasteiger partial charge >= 0.3 is 0 Å². The van der Waals surface area contributed by atoms with E-state index < -0.39 is 0 Å². The van der Waals surface area contributed by atoms with Gasteiger partial charge in [-0.15, -0.1) is 0 Å². The van der Waals surface area contributed by atoms with Crippen LogP contribution in [0.4, 0.5) is 0 Å². The predicted molar refractivity (Wildman–Crippen MR) is 189 cm³/mol. The zero-order chi connectivity index (χ0) is 30.0. The van der Waals surface area contributed by atoms with Crippen LogP contribution >= 0.6 is 0 Å². The normalized spacial score (nSPS) is 12.3. The quantitative estimate of drug-likeness (QED) is 0.0723. The zero-order valence-electron chi connectivity index (χ0n) is 29.2. The summed E-state index contributed by atoms with van der Waals surface area (Å²) >= 11 is 0. The van der Waals surface area contributed by atoms with Crippen LogP contribution in [0.1, 0.15) is 226 Å². The van der Waals surface area contributed by atoms with Gasteiger partial charge in [0.2, 0.25) is 0 Å². The van der Waals surface area contributed by atoms with Crippen molar-refractivity contribution in [1.29, 1.82) is 0 Å². The summed E-state index contributed by atoms with van der Waals surface area (Å²) in [4.78, 5) is 4.29. The second-order valence-corrected chi connectivity index (χ2v) is 14.0. The highest BCUT2D eigenvalue weighted by atomic mass is 15.0. The fourth-order valence-corrected chi connectivity index (χ4v) is 6.81. The van der Waals surface area contributed by atoms with Crippen molar-refractivity contribution in [3.8, 4) is 0 Å². The van der Waals surface area contributed by atoms with Crippen LogP contribution in [0.15, 0.2) is 18.7 Å². The van der Waals surface area contributed by atoms with Crippen LogP contribution in [0.3, 0.4) is 0 Å². The Kier molecular flexibility index (Phi) is 30.9. The van der Waals surface area contributed by atoms with Crippen molar-refractivity contribution >= 4 is 0 Å². The Morgan fingerprint density at radius 3 is 0.952 bits per heavy atom. The van der Waals surface area contributed by atoms with E-state index in [1.165, 1.54) is 218 Å². The minimum Gasteiger partial charge on any atom is -0.337 e. The largest absolute Gasteiger partial charge is 0.337 e. The van der Waals surface area contributed by atoms with Gasteiger partial charge in [0.05, 0.1) is 6.33 Å². The van der Waals surface area contributed by atoms with Gasteiger partial charge in [0, 0.05) is 18.9 Å². The fourth-order valence-electron chi connectivity index (χ4n) is 6.81. The molecule has 0 bridgehead atoms. The van der Waals surface area contributed by atoms with E-state index in [0.717, 1.165) is 5.92 Å². The molecule has 0 N–H and O–H groups in total. The van der Waals surface area contributed by atoms with E-state index in [2.05, 4.69) is 29.6 Å². The third kappa shape index (κ3) is 28.0. The molecular weight excluding hydrogens is 508 g/mol. The summed E-state index contributed by atoms with van der Waals surface area (Å²) in [5.74, 6) is 0.841. The topological polar surface area (TPSA) is 17.8 Å². The molecule has 0 aliphatic carbocycles. The lowest BCUT2D eigenvalue weighted by Gasteiger charge is -2.17. The van der Waals surface area contributed by atoms with Crippen LogP contribution in [-0.2, 0) is 6.54 Å². The molecule has 248 valence electrons. The molecule has 42 heavy (non-hydrogen) atoms. The number of unbranched alkanes of at least 4 members (excludes halogenated alkanes) is 29. The smallest absolute Gasteiger partial charge is 0.0945 e. The van der Waals surface area contributed by atoms with Crippen molar-refractivity contribution in [3.63, 3.8) is 0 Å². The number of rotatable bonds is 35. The molecule has 0 aromatic carbocycles. The van der Waals surface area contributed by atoms with Crippen LogP contribution < -0.4 is 0 Å². The Morgan fingerprint density at radius 1 is 0.405 bits per heavy atom. The van der Waals surface area contributed by atoms with E-state index in [1.54, 1.807) is 0 Å². The second-order valence-electron chi connectivity index (χ2n) is 14.0. The standard InChI is InChI=1S/C40H78N2/c1-3-5-7-9-11-13-15-17-19-20-21-23-25-27-29-31-33-35-40(38-42-37-36-41-39-42)34-32-30-28-26-24-22-18-16-14-12-10-8-6-4-2/h36-37,39-40H,3-35,38H2,1-2H3. The Morgan fingerprint density at radius 2 is 0.690 bits per heavy atom. The molecule has 1 rings (SSSR count). The minimum absolute atomic E-state index is 0.841. The molecule has 2 heteroatoms. The van der Waals surface area contributed by atoms with E-state index in [-0.39, 0.29) is 0 Å². The Bertz CT molecular complexity index is 595. The summed E-state index contributed by atoms with van der Waals surface area (Å²) in [5, 5.41) is 0. The maximum absolute atomic E-state index is 4.29. The molecule has 1 heterocycles. The lowest BCUT2D eigenvalue weighted by Crippen LogP contribution is -2.10. The monoisotopic (exact) mass is 587 g/mol. The second kappa shape index (κ2) is 33.1. The number of imidazole rings is 1. The molecular formula is C40H78N2. The number of hydrogen-bond donors (Lipinski definition) is 0. The van der Waals surface area contributed by atoms with Crippen LogP contribution in [0, 0.1) is 5.92 Å². The highest BCUT2D eigenvalue weighted by Gasteiger charge is 2.09. The number of aromatic nitrogens is 2. The molecule has 0 amide bonds. The highest BCUT2D eigenvalue weighted by molar-refractivity contribution is 4.76. The first-order valence-corrected chi connectivity index (χ1v) is 19.8. The van der Waals surface area contributed by atoms with Crippen molar-refractivity contribution in [2.24, 2.45) is 5.92 Å². The summed E-state index contributed by atoms with van der Waals surface area (Å²) in [6.45, 7) is 5.79. The number of nitrogens with zero attached hydrogens (tertiary/aromatic N) is 2. The van der Waals surface area contributed by atoms with Crippen LogP contribution in [0.2, 0.25) is 0 Å². The molecule has 0 aliphatic rings.